The average Bonchev–Trinajstić information content (AvgIpc) is 2.27. The molecule has 2 rings (SSSR count). The number of piperidine rings is 1. The van der Waals surface area contributed by atoms with Crippen molar-refractivity contribution in [1.29, 1.82) is 0 Å². The summed E-state index contributed by atoms with van der Waals surface area (Å²) < 4.78 is 0. The molecule has 0 aromatic carbocycles. The summed E-state index contributed by atoms with van der Waals surface area (Å²) in [5.74, 6) is 0.549. The minimum Gasteiger partial charge on any atom is -0.394 e. The first kappa shape index (κ1) is 11.4. The van der Waals surface area contributed by atoms with Crippen LogP contribution in [0.15, 0.2) is 10.9 Å². The third-order valence-corrected chi connectivity index (χ3v) is 3.03. The number of nitrogens with one attached hydrogen (secondary N) is 1. The molecule has 0 saturated carbocycles. The van der Waals surface area contributed by atoms with Gasteiger partial charge in [0.05, 0.1) is 12.6 Å². The van der Waals surface area contributed by atoms with E-state index in [-0.39, 0.29) is 17.8 Å². The lowest BCUT2D eigenvalue weighted by molar-refractivity contribution is 0.239. The van der Waals surface area contributed by atoms with E-state index in [2.05, 4.69) is 9.97 Å². The minimum absolute atomic E-state index is 0.0408. The number of nitrogens with zero attached hydrogens (tertiary/aromatic N) is 2. The molecule has 5 nitrogen and oxygen atoms in total. The molecular formula is C10H14ClN3O2. The summed E-state index contributed by atoms with van der Waals surface area (Å²) in [6.45, 7) is 0.879. The maximum Gasteiger partial charge on any atom is 0.348 e. The lowest BCUT2D eigenvalue weighted by Crippen LogP contribution is -2.43. The third kappa shape index (κ3) is 2.36. The lowest BCUT2D eigenvalue weighted by Gasteiger charge is -2.35. The molecule has 1 saturated heterocycles. The Hall–Kier alpha value is -1.07. The van der Waals surface area contributed by atoms with Gasteiger partial charge in [-0.25, -0.2) is 4.79 Å². The van der Waals surface area contributed by atoms with Crippen molar-refractivity contribution in [3.63, 3.8) is 0 Å². The molecule has 2 N–H and O–H groups in total. The number of aliphatic hydroxyl groups excluding tert-OH is 1. The SMILES string of the molecule is O=c1nc(N2CCCC[C@@H]2CO)cc(Cl)[nH]1. The summed E-state index contributed by atoms with van der Waals surface area (Å²) in [7, 11) is 0. The fourth-order valence-electron chi connectivity index (χ4n) is 2.05. The van der Waals surface area contributed by atoms with E-state index in [1.807, 2.05) is 4.90 Å². The molecule has 1 aliphatic rings. The van der Waals surface area contributed by atoms with Gasteiger partial charge in [0, 0.05) is 12.6 Å². The number of anilines is 1. The first-order valence-electron chi connectivity index (χ1n) is 5.35. The molecular weight excluding hydrogens is 230 g/mol. The van der Waals surface area contributed by atoms with Gasteiger partial charge in [0.2, 0.25) is 0 Å². The van der Waals surface area contributed by atoms with Gasteiger partial charge in [-0.1, -0.05) is 11.6 Å². The van der Waals surface area contributed by atoms with Crippen LogP contribution in [0.4, 0.5) is 5.82 Å². The van der Waals surface area contributed by atoms with E-state index in [0.29, 0.717) is 5.82 Å². The van der Waals surface area contributed by atoms with Gasteiger partial charge >= 0.3 is 5.69 Å². The van der Waals surface area contributed by atoms with Gasteiger partial charge in [0.1, 0.15) is 11.0 Å². The summed E-state index contributed by atoms with van der Waals surface area (Å²) >= 11 is 5.78. The number of aromatic amines is 1. The summed E-state index contributed by atoms with van der Waals surface area (Å²) in [6.07, 6.45) is 3.06. The van der Waals surface area contributed by atoms with Gasteiger partial charge in [-0.3, -0.25) is 4.98 Å². The van der Waals surface area contributed by atoms with Crippen molar-refractivity contribution in [3.8, 4) is 0 Å². The van der Waals surface area contributed by atoms with Crippen LogP contribution in [0.2, 0.25) is 5.15 Å². The molecule has 1 aliphatic heterocycles. The summed E-state index contributed by atoms with van der Waals surface area (Å²) in [5, 5.41) is 9.55. The number of H-pyrrole nitrogens is 1. The quantitative estimate of drug-likeness (QED) is 0.753. The Balaban J connectivity index is 2.30. The maximum absolute atomic E-state index is 11.2. The Bertz CT molecular complexity index is 421. The van der Waals surface area contributed by atoms with Gasteiger partial charge < -0.3 is 10.0 Å². The fourth-order valence-corrected chi connectivity index (χ4v) is 2.23. The monoisotopic (exact) mass is 243 g/mol. The third-order valence-electron chi connectivity index (χ3n) is 2.83. The zero-order valence-corrected chi connectivity index (χ0v) is 9.57. The Morgan fingerprint density at radius 2 is 2.44 bits per heavy atom. The molecule has 0 amide bonds. The highest BCUT2D eigenvalue weighted by Crippen LogP contribution is 2.23. The Morgan fingerprint density at radius 1 is 1.62 bits per heavy atom. The van der Waals surface area contributed by atoms with Crippen LogP contribution in [0.5, 0.6) is 0 Å². The molecule has 0 spiro atoms. The van der Waals surface area contributed by atoms with Crippen LogP contribution in [0.3, 0.4) is 0 Å². The topological polar surface area (TPSA) is 69.2 Å². The number of aromatic nitrogens is 2. The normalized spacial score (nSPS) is 21.1. The molecule has 1 atom stereocenters. The van der Waals surface area contributed by atoms with Crippen LogP contribution >= 0.6 is 11.6 Å². The number of hydrogen-bond donors (Lipinski definition) is 2. The van der Waals surface area contributed by atoms with Gasteiger partial charge in [-0.05, 0) is 19.3 Å². The Kier molecular flexibility index (Phi) is 3.46. The van der Waals surface area contributed by atoms with Crippen molar-refractivity contribution in [2.75, 3.05) is 18.1 Å². The van der Waals surface area contributed by atoms with Gasteiger partial charge in [0.15, 0.2) is 0 Å². The molecule has 1 aromatic rings. The first-order chi connectivity index (χ1) is 7.70. The molecule has 0 bridgehead atoms. The second-order valence-corrected chi connectivity index (χ2v) is 4.33. The van der Waals surface area contributed by atoms with Crippen molar-refractivity contribution < 1.29 is 5.11 Å². The van der Waals surface area contributed by atoms with Crippen LogP contribution in [0, 0.1) is 0 Å². The van der Waals surface area contributed by atoms with Crippen molar-refractivity contribution in [2.45, 2.75) is 25.3 Å². The predicted molar refractivity (Wildman–Crippen MR) is 61.9 cm³/mol. The highest BCUT2D eigenvalue weighted by molar-refractivity contribution is 6.29. The first-order valence-corrected chi connectivity index (χ1v) is 5.73. The maximum atomic E-state index is 11.2. The highest BCUT2D eigenvalue weighted by atomic mass is 35.5. The van der Waals surface area contributed by atoms with Crippen molar-refractivity contribution in [1.82, 2.24) is 9.97 Å². The van der Waals surface area contributed by atoms with E-state index in [0.717, 1.165) is 25.8 Å². The van der Waals surface area contributed by atoms with E-state index in [1.165, 1.54) is 0 Å². The van der Waals surface area contributed by atoms with Crippen molar-refractivity contribution in [2.24, 2.45) is 0 Å². The van der Waals surface area contributed by atoms with Gasteiger partial charge in [-0.2, -0.15) is 4.98 Å². The molecule has 0 unspecified atom stereocenters. The van der Waals surface area contributed by atoms with Crippen LogP contribution in [0.1, 0.15) is 19.3 Å². The van der Waals surface area contributed by atoms with E-state index in [4.69, 9.17) is 11.6 Å². The molecule has 6 heteroatoms. The molecule has 88 valence electrons. The fraction of sp³-hybridized carbons (Fsp3) is 0.600. The van der Waals surface area contributed by atoms with Crippen LogP contribution in [0.25, 0.3) is 0 Å². The van der Waals surface area contributed by atoms with E-state index in [9.17, 15) is 9.90 Å². The Morgan fingerprint density at radius 3 is 3.12 bits per heavy atom. The minimum atomic E-state index is -0.454. The standard InChI is InChI=1S/C10H14ClN3O2/c11-8-5-9(13-10(16)12-8)14-4-2-1-3-7(14)6-15/h5,7,15H,1-4,6H2,(H,12,13,16)/t7-/m1/s1. The van der Waals surface area contributed by atoms with Crippen LogP contribution in [-0.2, 0) is 0 Å². The Labute approximate surface area is 98.1 Å². The summed E-state index contributed by atoms with van der Waals surface area (Å²) in [5.41, 5.74) is -0.454. The lowest BCUT2D eigenvalue weighted by atomic mass is 10.0. The van der Waals surface area contributed by atoms with Gasteiger partial charge in [0.25, 0.3) is 0 Å². The molecule has 0 radical (unpaired) electrons. The average molecular weight is 244 g/mol. The number of rotatable bonds is 2. The number of aliphatic hydroxyl groups is 1. The van der Waals surface area contributed by atoms with E-state index in [1.54, 1.807) is 6.07 Å². The smallest absolute Gasteiger partial charge is 0.348 e. The van der Waals surface area contributed by atoms with Crippen molar-refractivity contribution in [3.05, 3.63) is 21.7 Å². The second kappa shape index (κ2) is 4.84. The predicted octanol–water partition coefficient (Wildman–Crippen LogP) is 0.774. The summed E-state index contributed by atoms with van der Waals surface area (Å²) in [4.78, 5) is 19.4. The van der Waals surface area contributed by atoms with E-state index < -0.39 is 5.69 Å². The second-order valence-electron chi connectivity index (χ2n) is 3.92. The highest BCUT2D eigenvalue weighted by Gasteiger charge is 2.23. The van der Waals surface area contributed by atoms with Crippen LogP contribution < -0.4 is 10.6 Å². The number of halogens is 1. The van der Waals surface area contributed by atoms with Gasteiger partial charge in [-0.15, -0.1) is 0 Å². The van der Waals surface area contributed by atoms with Crippen LogP contribution in [-0.4, -0.2) is 34.3 Å². The van der Waals surface area contributed by atoms with Crippen molar-refractivity contribution >= 4 is 17.4 Å². The number of hydrogen-bond acceptors (Lipinski definition) is 4. The molecule has 1 fully saturated rings. The zero-order chi connectivity index (χ0) is 11.5. The molecule has 2 heterocycles. The molecule has 1 aromatic heterocycles. The summed E-state index contributed by atoms with van der Waals surface area (Å²) in [6, 6.07) is 1.66. The largest absolute Gasteiger partial charge is 0.394 e. The molecule has 16 heavy (non-hydrogen) atoms. The molecule has 0 aliphatic carbocycles. The zero-order valence-electron chi connectivity index (χ0n) is 8.82. The van der Waals surface area contributed by atoms with E-state index >= 15 is 0 Å².